The Morgan fingerprint density at radius 3 is 1.63 bits per heavy atom. The van der Waals surface area contributed by atoms with Gasteiger partial charge in [-0.15, -0.1) is 53.6 Å². The van der Waals surface area contributed by atoms with Crippen LogP contribution in [0.15, 0.2) is 151 Å². The van der Waals surface area contributed by atoms with Crippen LogP contribution < -0.4 is 14.5 Å². The molecule has 0 bridgehead atoms. The van der Waals surface area contributed by atoms with E-state index in [1.807, 2.05) is 6.20 Å². The Hall–Kier alpha value is -5.90. The molecular formula is C67H75N4OPt-3. The summed E-state index contributed by atoms with van der Waals surface area (Å²) in [5.74, 6) is 2.06. The van der Waals surface area contributed by atoms with E-state index < -0.39 is 0 Å². The second-order valence-electron chi connectivity index (χ2n) is 25.7. The number of anilines is 2. The molecule has 8 aromatic rings. The first-order valence-electron chi connectivity index (χ1n) is 25.8. The summed E-state index contributed by atoms with van der Waals surface area (Å²) >= 11 is 0. The number of hydrogen-bond donors (Lipinski definition) is 0. The first-order valence-corrected chi connectivity index (χ1v) is 25.8. The summed E-state index contributed by atoms with van der Waals surface area (Å²) in [6.45, 7) is 41.5. The average molecular weight is 1150 g/mol. The summed E-state index contributed by atoms with van der Waals surface area (Å²) in [5.41, 5.74) is 14.0. The van der Waals surface area contributed by atoms with Gasteiger partial charge in [0.25, 0.3) is 0 Å². The van der Waals surface area contributed by atoms with Gasteiger partial charge in [0.2, 0.25) is 0 Å². The number of hydrogen-bond acceptors (Lipinski definition) is 4. The van der Waals surface area contributed by atoms with Crippen LogP contribution >= 0.6 is 0 Å². The third-order valence-electron chi connectivity index (χ3n) is 14.4. The topological polar surface area (TPSA) is 33.5 Å². The van der Waals surface area contributed by atoms with Crippen molar-refractivity contribution in [1.82, 2.24) is 9.55 Å². The zero-order valence-corrected chi connectivity index (χ0v) is 48.6. The molecule has 0 amide bonds. The van der Waals surface area contributed by atoms with Gasteiger partial charge in [0.05, 0.1) is 0 Å². The van der Waals surface area contributed by atoms with Crippen LogP contribution in [0.2, 0.25) is 0 Å². The molecule has 0 aliphatic carbocycles. The molecule has 5 nitrogen and oxygen atoms in total. The van der Waals surface area contributed by atoms with Crippen molar-refractivity contribution in [2.75, 3.05) is 9.80 Å². The van der Waals surface area contributed by atoms with Gasteiger partial charge in [0.1, 0.15) is 5.82 Å². The molecule has 0 saturated heterocycles. The standard InChI is InChI=1S/C67H75N4O.Pt/c1-62(2,3)47-32-33-68-59(40-47)71-57-31-28-45(44-24-20-18-21-25-44)34-56(57)55-30-29-53(42-58(55)71)72-54-39-50(67(16,17)46-26-22-19-23-27-46)38-52(41-54)70-43-69(60(65(10,11)12)61(70)66(13,14)15)51-36-48(63(4,5)6)35-49(37-51)64(7,8)9;/h18-40,43H,1-17H3;/q-3;. The van der Waals surface area contributed by atoms with Crippen molar-refractivity contribution in [3.8, 4) is 28.4 Å². The SMILES string of the molecule is CC(C)(C)C1=C(C(C)(C)C)N(c2cc(C(C)(C)C)cc(C(C)(C)C)c2)[CH-]N1c1[c-]c(Oc2[c-]c3c(cc2)c2cc(-c4ccccc4)ccc2n3-c2cc(C(C)(C)C)ccn2)cc(C(C)(C)c2ccccc2)c1.[Pt]. The minimum atomic E-state index is -0.385. The molecule has 0 radical (unpaired) electrons. The quantitative estimate of drug-likeness (QED) is 0.142. The fourth-order valence-electron chi connectivity index (χ4n) is 10.1. The van der Waals surface area contributed by atoms with E-state index in [0.717, 1.165) is 50.1 Å². The fraction of sp³-hybridized carbons (Fsp3) is 0.343. The second-order valence-corrected chi connectivity index (χ2v) is 25.7. The van der Waals surface area contributed by atoms with E-state index >= 15 is 0 Å². The molecular weight excluding hydrogens is 1070 g/mol. The molecule has 0 saturated carbocycles. The average Bonchev–Trinajstić information content (AvgIpc) is 3.89. The molecule has 9 rings (SSSR count). The molecule has 0 atom stereocenters. The van der Waals surface area contributed by atoms with E-state index in [1.54, 1.807) is 0 Å². The Morgan fingerprint density at radius 1 is 0.452 bits per heavy atom. The molecule has 382 valence electrons. The molecule has 6 aromatic carbocycles. The second kappa shape index (κ2) is 19.1. The van der Waals surface area contributed by atoms with Gasteiger partial charge >= 0.3 is 0 Å². The maximum Gasteiger partial charge on any atom is 0.135 e. The van der Waals surface area contributed by atoms with Crippen molar-refractivity contribution in [2.24, 2.45) is 10.8 Å². The van der Waals surface area contributed by atoms with Crippen molar-refractivity contribution in [2.45, 2.75) is 139 Å². The number of benzene rings is 6. The smallest absolute Gasteiger partial charge is 0.135 e. The van der Waals surface area contributed by atoms with Gasteiger partial charge < -0.3 is 19.1 Å². The maximum absolute atomic E-state index is 7.13. The van der Waals surface area contributed by atoms with E-state index in [-0.39, 0.29) is 53.6 Å². The van der Waals surface area contributed by atoms with E-state index in [9.17, 15) is 0 Å². The number of ether oxygens (including phenoxy) is 1. The van der Waals surface area contributed by atoms with E-state index in [4.69, 9.17) is 9.72 Å². The molecule has 6 heteroatoms. The van der Waals surface area contributed by atoms with E-state index in [0.29, 0.717) is 11.5 Å². The maximum atomic E-state index is 7.13. The molecule has 0 fully saturated rings. The monoisotopic (exact) mass is 1150 g/mol. The number of nitrogens with zero attached hydrogens (tertiary/aromatic N) is 4. The van der Waals surface area contributed by atoms with Crippen LogP contribution in [0.25, 0.3) is 38.8 Å². The number of pyridine rings is 1. The van der Waals surface area contributed by atoms with Gasteiger partial charge in [-0.2, -0.15) is 6.07 Å². The molecule has 1 aliphatic heterocycles. The van der Waals surface area contributed by atoms with Crippen LogP contribution in [0.3, 0.4) is 0 Å². The summed E-state index contributed by atoms with van der Waals surface area (Å²) in [6.07, 6.45) is 1.93. The van der Waals surface area contributed by atoms with E-state index in [2.05, 4.69) is 284 Å². The van der Waals surface area contributed by atoms with Crippen LogP contribution in [-0.2, 0) is 42.7 Å². The Bertz CT molecular complexity index is 3310. The summed E-state index contributed by atoms with van der Waals surface area (Å²) in [5, 5.41) is 2.21. The number of allylic oxidation sites excluding steroid dienone is 2. The van der Waals surface area contributed by atoms with Crippen molar-refractivity contribution in [3.05, 3.63) is 198 Å². The third kappa shape index (κ3) is 10.6. The third-order valence-corrected chi connectivity index (χ3v) is 14.4. The predicted octanol–water partition coefficient (Wildman–Crippen LogP) is 18.2. The van der Waals surface area contributed by atoms with Crippen LogP contribution in [0.5, 0.6) is 11.5 Å². The van der Waals surface area contributed by atoms with Crippen LogP contribution in [0.4, 0.5) is 11.4 Å². The predicted molar refractivity (Wildman–Crippen MR) is 305 cm³/mol. The molecule has 0 unspecified atom stereocenters. The minimum absolute atomic E-state index is 0. The largest absolute Gasteiger partial charge is 0.509 e. The number of fused-ring (bicyclic) bond motifs is 3. The zero-order valence-electron chi connectivity index (χ0n) is 46.4. The Labute approximate surface area is 452 Å². The van der Waals surface area contributed by atoms with Crippen molar-refractivity contribution < 1.29 is 25.8 Å². The summed E-state index contributed by atoms with van der Waals surface area (Å²) < 4.78 is 9.38. The van der Waals surface area contributed by atoms with Gasteiger partial charge in [-0.25, -0.2) is 4.98 Å². The van der Waals surface area contributed by atoms with Gasteiger partial charge in [0, 0.05) is 72.2 Å². The van der Waals surface area contributed by atoms with E-state index in [1.165, 1.54) is 39.2 Å². The van der Waals surface area contributed by atoms with Gasteiger partial charge in [0.15, 0.2) is 0 Å². The summed E-state index contributed by atoms with van der Waals surface area (Å²) in [4.78, 5) is 9.85. The molecule has 1 aliphatic rings. The van der Waals surface area contributed by atoms with Crippen molar-refractivity contribution in [1.29, 1.82) is 0 Å². The molecule has 2 aromatic heterocycles. The zero-order chi connectivity index (χ0) is 51.9. The number of aromatic nitrogens is 2. The van der Waals surface area contributed by atoms with Gasteiger partial charge in [-0.3, -0.25) is 0 Å². The van der Waals surface area contributed by atoms with Crippen LogP contribution in [0.1, 0.15) is 146 Å². The van der Waals surface area contributed by atoms with Crippen molar-refractivity contribution in [3.63, 3.8) is 0 Å². The minimum Gasteiger partial charge on any atom is -0.509 e. The Balaban J connectivity index is 0.00000711. The molecule has 3 heterocycles. The Morgan fingerprint density at radius 2 is 1.04 bits per heavy atom. The molecule has 0 spiro atoms. The summed E-state index contributed by atoms with van der Waals surface area (Å²) in [6, 6.07) is 56.0. The fourth-order valence-corrected chi connectivity index (χ4v) is 10.1. The van der Waals surface area contributed by atoms with Crippen LogP contribution in [-0.4, -0.2) is 9.55 Å². The van der Waals surface area contributed by atoms with Crippen molar-refractivity contribution >= 4 is 33.2 Å². The molecule has 73 heavy (non-hydrogen) atoms. The normalized spacial score (nSPS) is 14.1. The Kier molecular flexibility index (Phi) is 14.0. The first kappa shape index (κ1) is 53.4. The first-order chi connectivity index (χ1) is 33.6. The van der Waals surface area contributed by atoms with Gasteiger partial charge in [-0.05, 0) is 90.8 Å². The molecule has 0 N–H and O–H groups in total. The number of rotatable bonds is 8. The van der Waals surface area contributed by atoms with Crippen LogP contribution in [0, 0.1) is 29.6 Å². The summed E-state index contributed by atoms with van der Waals surface area (Å²) in [7, 11) is 0. The van der Waals surface area contributed by atoms with Gasteiger partial charge in [-0.1, -0.05) is 202 Å².